The molecule has 0 aliphatic carbocycles. The summed E-state index contributed by atoms with van der Waals surface area (Å²) in [6.07, 6.45) is 3.88. The first-order valence-corrected chi connectivity index (χ1v) is 6.75. The highest BCUT2D eigenvalue weighted by atomic mass is 16.3. The van der Waals surface area contributed by atoms with E-state index in [9.17, 15) is 4.79 Å². The van der Waals surface area contributed by atoms with Crippen LogP contribution in [0.2, 0.25) is 0 Å². The molecule has 100 valence electrons. The second kappa shape index (κ2) is 6.05. The topological polar surface area (TPSA) is 45.5 Å². The Kier molecular flexibility index (Phi) is 4.42. The Morgan fingerprint density at radius 2 is 2.22 bits per heavy atom. The Hall–Kier alpha value is -1.29. The van der Waals surface area contributed by atoms with Crippen LogP contribution >= 0.6 is 0 Å². The van der Waals surface area contributed by atoms with Crippen molar-refractivity contribution in [3.8, 4) is 0 Å². The number of hydrogen-bond donors (Lipinski definition) is 1. The molecule has 18 heavy (non-hydrogen) atoms. The largest absolute Gasteiger partial charge is 0.469 e. The fraction of sp³-hybridized carbons (Fsp3) is 0.643. The van der Waals surface area contributed by atoms with Crippen molar-refractivity contribution in [3.05, 3.63) is 23.7 Å². The normalized spacial score (nSPS) is 16.8. The maximum absolute atomic E-state index is 12.3. The fourth-order valence-corrected chi connectivity index (χ4v) is 2.47. The summed E-state index contributed by atoms with van der Waals surface area (Å²) in [6, 6.07) is 1.81. The molecule has 0 bridgehead atoms. The molecule has 2 heterocycles. The Bertz CT molecular complexity index is 394. The van der Waals surface area contributed by atoms with Gasteiger partial charge in [-0.2, -0.15) is 0 Å². The van der Waals surface area contributed by atoms with Gasteiger partial charge in [0.15, 0.2) is 0 Å². The monoisotopic (exact) mass is 250 g/mol. The van der Waals surface area contributed by atoms with E-state index in [0.29, 0.717) is 11.5 Å². The number of aryl methyl sites for hydroxylation is 1. The summed E-state index contributed by atoms with van der Waals surface area (Å²) in [5.74, 6) is 1.51. The van der Waals surface area contributed by atoms with Crippen LogP contribution in [0.4, 0.5) is 0 Å². The molecule has 1 N–H and O–H groups in total. The van der Waals surface area contributed by atoms with Gasteiger partial charge in [0, 0.05) is 13.1 Å². The summed E-state index contributed by atoms with van der Waals surface area (Å²) in [5, 5.41) is 3.35. The molecule has 2 rings (SSSR count). The van der Waals surface area contributed by atoms with E-state index in [1.165, 1.54) is 0 Å². The molecule has 1 aromatic heterocycles. The van der Waals surface area contributed by atoms with E-state index in [-0.39, 0.29) is 5.91 Å². The van der Waals surface area contributed by atoms with Crippen LogP contribution in [0.1, 0.15) is 35.9 Å². The molecule has 4 nitrogen and oxygen atoms in total. The Balaban J connectivity index is 1.97. The number of nitrogens with one attached hydrogen (secondary N) is 1. The van der Waals surface area contributed by atoms with Crippen molar-refractivity contribution in [1.82, 2.24) is 10.2 Å². The third-order valence-electron chi connectivity index (χ3n) is 3.58. The van der Waals surface area contributed by atoms with Gasteiger partial charge in [0.05, 0.1) is 5.56 Å². The quantitative estimate of drug-likeness (QED) is 0.889. The predicted octanol–water partition coefficient (Wildman–Crippen LogP) is 2.05. The van der Waals surface area contributed by atoms with Gasteiger partial charge in [0.2, 0.25) is 0 Å². The van der Waals surface area contributed by atoms with Gasteiger partial charge < -0.3 is 14.6 Å². The van der Waals surface area contributed by atoms with Crippen LogP contribution in [0.5, 0.6) is 0 Å². The highest BCUT2D eigenvalue weighted by Crippen LogP contribution is 2.16. The summed E-state index contributed by atoms with van der Waals surface area (Å²) in [4.78, 5) is 14.2. The van der Waals surface area contributed by atoms with Gasteiger partial charge in [0.1, 0.15) is 12.0 Å². The van der Waals surface area contributed by atoms with Crippen molar-refractivity contribution in [2.24, 2.45) is 5.92 Å². The Morgan fingerprint density at radius 3 is 2.78 bits per heavy atom. The minimum atomic E-state index is 0.0906. The third-order valence-corrected chi connectivity index (χ3v) is 3.58. The summed E-state index contributed by atoms with van der Waals surface area (Å²) in [7, 11) is 0. The molecule has 1 aliphatic rings. The average Bonchev–Trinajstić information content (AvgIpc) is 2.83. The van der Waals surface area contributed by atoms with E-state index in [1.54, 1.807) is 6.26 Å². The zero-order valence-electron chi connectivity index (χ0n) is 11.2. The first-order valence-electron chi connectivity index (χ1n) is 6.75. The van der Waals surface area contributed by atoms with Crippen molar-refractivity contribution < 1.29 is 9.21 Å². The molecule has 0 spiro atoms. The van der Waals surface area contributed by atoms with E-state index in [1.807, 2.05) is 24.8 Å². The minimum Gasteiger partial charge on any atom is -0.469 e. The van der Waals surface area contributed by atoms with Crippen molar-refractivity contribution in [2.45, 2.75) is 26.7 Å². The van der Waals surface area contributed by atoms with E-state index in [0.717, 1.165) is 44.8 Å². The predicted molar refractivity (Wildman–Crippen MR) is 70.6 cm³/mol. The van der Waals surface area contributed by atoms with Crippen molar-refractivity contribution in [2.75, 3.05) is 26.2 Å². The van der Waals surface area contributed by atoms with Crippen molar-refractivity contribution in [3.63, 3.8) is 0 Å². The SMILES string of the molecule is CCN(CC1CCNCC1)C(=O)c1coc(C)c1. The Morgan fingerprint density at radius 1 is 1.50 bits per heavy atom. The van der Waals surface area contributed by atoms with Gasteiger partial charge in [0.25, 0.3) is 5.91 Å². The van der Waals surface area contributed by atoms with E-state index < -0.39 is 0 Å². The van der Waals surface area contributed by atoms with Gasteiger partial charge in [-0.15, -0.1) is 0 Å². The molecular formula is C14H22N2O2. The zero-order valence-corrected chi connectivity index (χ0v) is 11.2. The average molecular weight is 250 g/mol. The second-order valence-electron chi connectivity index (χ2n) is 4.98. The summed E-state index contributed by atoms with van der Waals surface area (Å²) >= 11 is 0. The zero-order chi connectivity index (χ0) is 13.0. The summed E-state index contributed by atoms with van der Waals surface area (Å²) < 4.78 is 5.21. The second-order valence-corrected chi connectivity index (χ2v) is 4.98. The summed E-state index contributed by atoms with van der Waals surface area (Å²) in [6.45, 7) is 7.66. The number of rotatable bonds is 4. The lowest BCUT2D eigenvalue weighted by molar-refractivity contribution is 0.0726. The lowest BCUT2D eigenvalue weighted by atomic mass is 9.97. The lowest BCUT2D eigenvalue weighted by Gasteiger charge is -2.29. The standard InChI is InChI=1S/C14H22N2O2/c1-3-16(9-12-4-6-15-7-5-12)14(17)13-8-11(2)18-10-13/h8,10,12,15H,3-7,9H2,1-2H3. The molecular weight excluding hydrogens is 228 g/mol. The first kappa shape index (κ1) is 13.1. The van der Waals surface area contributed by atoms with Gasteiger partial charge in [-0.1, -0.05) is 0 Å². The first-order chi connectivity index (χ1) is 8.70. The van der Waals surface area contributed by atoms with E-state index in [2.05, 4.69) is 5.32 Å². The molecule has 0 radical (unpaired) electrons. The van der Waals surface area contributed by atoms with Gasteiger partial charge in [-0.25, -0.2) is 0 Å². The highest BCUT2D eigenvalue weighted by molar-refractivity contribution is 5.94. The van der Waals surface area contributed by atoms with E-state index >= 15 is 0 Å². The number of piperidine rings is 1. The molecule has 0 atom stereocenters. The van der Waals surface area contributed by atoms with Gasteiger partial charge >= 0.3 is 0 Å². The third kappa shape index (κ3) is 3.13. The van der Waals surface area contributed by atoms with E-state index in [4.69, 9.17) is 4.42 Å². The highest BCUT2D eigenvalue weighted by Gasteiger charge is 2.21. The fourth-order valence-electron chi connectivity index (χ4n) is 2.47. The number of furan rings is 1. The maximum Gasteiger partial charge on any atom is 0.257 e. The number of carbonyl (C=O) groups excluding carboxylic acids is 1. The molecule has 0 aromatic carbocycles. The Labute approximate surface area is 108 Å². The van der Waals surface area contributed by atoms with Crippen molar-refractivity contribution >= 4 is 5.91 Å². The van der Waals surface area contributed by atoms with Crippen LogP contribution in [-0.2, 0) is 0 Å². The molecule has 1 fully saturated rings. The molecule has 0 unspecified atom stereocenters. The lowest BCUT2D eigenvalue weighted by Crippen LogP contribution is -2.39. The van der Waals surface area contributed by atoms with Crippen LogP contribution in [0.15, 0.2) is 16.7 Å². The number of amides is 1. The molecule has 1 aliphatic heterocycles. The molecule has 1 saturated heterocycles. The van der Waals surface area contributed by atoms with Crippen LogP contribution in [0.25, 0.3) is 0 Å². The van der Waals surface area contributed by atoms with Gasteiger partial charge in [-0.05, 0) is 51.8 Å². The maximum atomic E-state index is 12.3. The number of nitrogens with zero attached hydrogens (tertiary/aromatic N) is 1. The summed E-state index contributed by atoms with van der Waals surface area (Å²) in [5.41, 5.74) is 0.670. The molecule has 1 amide bonds. The van der Waals surface area contributed by atoms with Crippen LogP contribution in [0, 0.1) is 12.8 Å². The van der Waals surface area contributed by atoms with Gasteiger partial charge in [-0.3, -0.25) is 4.79 Å². The smallest absolute Gasteiger partial charge is 0.257 e. The number of hydrogen-bond acceptors (Lipinski definition) is 3. The number of carbonyl (C=O) groups is 1. The molecule has 4 heteroatoms. The molecule has 1 aromatic rings. The minimum absolute atomic E-state index is 0.0906. The van der Waals surface area contributed by atoms with Crippen molar-refractivity contribution in [1.29, 1.82) is 0 Å². The van der Waals surface area contributed by atoms with Crippen LogP contribution < -0.4 is 5.32 Å². The van der Waals surface area contributed by atoms with Crippen LogP contribution in [-0.4, -0.2) is 37.0 Å². The van der Waals surface area contributed by atoms with Crippen LogP contribution in [0.3, 0.4) is 0 Å². The molecule has 0 saturated carbocycles.